The molecule has 0 aliphatic heterocycles. The fourth-order valence-corrected chi connectivity index (χ4v) is 4.14. The van der Waals surface area contributed by atoms with Crippen LogP contribution in [0.15, 0.2) is 81.8 Å². The maximum Gasteiger partial charge on any atom is 0.293 e. The molecule has 0 aliphatic rings. The maximum atomic E-state index is 13.1. The van der Waals surface area contributed by atoms with Crippen molar-refractivity contribution < 1.29 is 23.2 Å². The number of anilines is 2. The Balaban J connectivity index is 1.42. The number of fused-ring (bicyclic) bond motifs is 2. The van der Waals surface area contributed by atoms with Crippen LogP contribution in [0.3, 0.4) is 0 Å². The first kappa shape index (κ1) is 23.2. The van der Waals surface area contributed by atoms with E-state index in [1.165, 1.54) is 5.56 Å². The Kier molecular flexibility index (Phi) is 6.21. The summed E-state index contributed by atoms with van der Waals surface area (Å²) in [5.41, 5.74) is 4.09. The van der Waals surface area contributed by atoms with Crippen LogP contribution in [0.2, 0.25) is 0 Å². The molecule has 5 rings (SSSR count). The molecular formula is C29H26N2O5. The summed E-state index contributed by atoms with van der Waals surface area (Å²) in [7, 11) is 1.58. The monoisotopic (exact) mass is 482 g/mol. The third-order valence-corrected chi connectivity index (χ3v) is 6.11. The van der Waals surface area contributed by atoms with E-state index < -0.39 is 5.91 Å². The highest BCUT2D eigenvalue weighted by Crippen LogP contribution is 2.32. The molecule has 0 saturated heterocycles. The first-order chi connectivity index (χ1) is 17.4. The molecule has 0 bridgehead atoms. The van der Waals surface area contributed by atoms with Gasteiger partial charge >= 0.3 is 0 Å². The van der Waals surface area contributed by atoms with Gasteiger partial charge in [-0.2, -0.15) is 0 Å². The van der Waals surface area contributed by atoms with Crippen molar-refractivity contribution in [3.05, 3.63) is 89.9 Å². The molecule has 2 aromatic heterocycles. The summed E-state index contributed by atoms with van der Waals surface area (Å²) in [6.07, 6.45) is 1.70. The number of ether oxygens (including phenoxy) is 1. The third-order valence-electron chi connectivity index (χ3n) is 6.11. The first-order valence-electron chi connectivity index (χ1n) is 11.7. The first-order valence-corrected chi connectivity index (χ1v) is 11.7. The Bertz CT molecular complexity index is 1560. The molecule has 7 heteroatoms. The highest BCUT2D eigenvalue weighted by molar-refractivity contribution is 6.14. The van der Waals surface area contributed by atoms with Crippen LogP contribution in [0.1, 0.15) is 41.4 Å². The molecule has 0 spiro atoms. The van der Waals surface area contributed by atoms with E-state index in [9.17, 15) is 9.59 Å². The van der Waals surface area contributed by atoms with Crippen LogP contribution < -0.4 is 15.4 Å². The summed E-state index contributed by atoms with van der Waals surface area (Å²) < 4.78 is 16.7. The molecule has 0 fully saturated rings. The Hall–Kier alpha value is -4.52. The molecule has 2 N–H and O–H groups in total. The fraction of sp³-hybridized carbons (Fsp3) is 0.172. The molecule has 2 heterocycles. The lowest BCUT2D eigenvalue weighted by molar-refractivity contribution is -0.115. The lowest BCUT2D eigenvalue weighted by Crippen LogP contribution is -2.18. The van der Waals surface area contributed by atoms with Crippen molar-refractivity contribution in [2.24, 2.45) is 0 Å². The van der Waals surface area contributed by atoms with E-state index >= 15 is 0 Å². The Morgan fingerprint density at radius 2 is 1.69 bits per heavy atom. The zero-order chi connectivity index (χ0) is 25.2. The summed E-state index contributed by atoms with van der Waals surface area (Å²) in [4.78, 5) is 26.3. The molecule has 7 nitrogen and oxygen atoms in total. The molecule has 0 saturated carbocycles. The number of hydrogen-bond donors (Lipinski definition) is 2. The zero-order valence-electron chi connectivity index (χ0n) is 20.3. The number of para-hydroxylation sites is 1. The smallest absolute Gasteiger partial charge is 0.293 e. The highest BCUT2D eigenvalue weighted by Gasteiger charge is 2.23. The van der Waals surface area contributed by atoms with Gasteiger partial charge in [0, 0.05) is 22.0 Å². The lowest BCUT2D eigenvalue weighted by atomic mass is 10.00. The summed E-state index contributed by atoms with van der Waals surface area (Å²) in [6, 6.07) is 20.2. The quantitative estimate of drug-likeness (QED) is 0.268. The van der Waals surface area contributed by atoms with Crippen molar-refractivity contribution in [3.8, 4) is 5.75 Å². The van der Waals surface area contributed by atoms with Crippen LogP contribution in [0.4, 0.5) is 11.4 Å². The Morgan fingerprint density at radius 3 is 2.44 bits per heavy atom. The highest BCUT2D eigenvalue weighted by atomic mass is 16.5. The van der Waals surface area contributed by atoms with Crippen LogP contribution in [-0.2, 0) is 11.2 Å². The van der Waals surface area contributed by atoms with E-state index in [1.807, 2.05) is 24.3 Å². The second-order valence-electron chi connectivity index (χ2n) is 8.88. The van der Waals surface area contributed by atoms with Gasteiger partial charge in [0.1, 0.15) is 22.6 Å². The predicted octanol–water partition coefficient (Wildman–Crippen LogP) is 6.74. The van der Waals surface area contributed by atoms with Crippen molar-refractivity contribution in [2.45, 2.75) is 26.2 Å². The van der Waals surface area contributed by atoms with Gasteiger partial charge in [-0.05, 0) is 60.0 Å². The third kappa shape index (κ3) is 4.55. The number of hydrogen-bond acceptors (Lipinski definition) is 5. The number of methoxy groups -OCH3 is 1. The molecule has 3 aromatic carbocycles. The number of carbonyl (C=O) groups is 2. The van der Waals surface area contributed by atoms with E-state index in [0.29, 0.717) is 34.0 Å². The number of carbonyl (C=O) groups excluding carboxylic acids is 2. The molecule has 182 valence electrons. The minimum atomic E-state index is -0.470. The van der Waals surface area contributed by atoms with Gasteiger partial charge in [-0.3, -0.25) is 9.59 Å². The van der Waals surface area contributed by atoms with Gasteiger partial charge in [-0.15, -0.1) is 0 Å². The standard InChI is InChI=1S/C29H26N2O5/c1-17(2)18-8-13-24-23(14-18)19(16-35-24)15-26(32)31-27-22-6-4-5-7-25(22)36-28(27)29(33)30-20-9-11-21(34-3)12-10-20/h4-14,16-17H,15H2,1-3H3,(H,30,33)(H,31,32). The number of furan rings is 2. The lowest BCUT2D eigenvalue weighted by Gasteiger charge is -2.08. The molecule has 5 aromatic rings. The Labute approximate surface area is 208 Å². The largest absolute Gasteiger partial charge is 0.497 e. The summed E-state index contributed by atoms with van der Waals surface area (Å²) >= 11 is 0. The number of rotatable bonds is 7. The van der Waals surface area contributed by atoms with Crippen LogP contribution in [0.5, 0.6) is 5.75 Å². The van der Waals surface area contributed by atoms with Crippen LogP contribution in [0, 0.1) is 0 Å². The van der Waals surface area contributed by atoms with Crippen molar-refractivity contribution in [3.63, 3.8) is 0 Å². The number of nitrogens with one attached hydrogen (secondary N) is 2. The fourth-order valence-electron chi connectivity index (χ4n) is 4.14. The summed E-state index contributed by atoms with van der Waals surface area (Å²) in [5.74, 6) is 0.311. The van der Waals surface area contributed by atoms with Crippen molar-refractivity contribution in [1.82, 2.24) is 0 Å². The van der Waals surface area contributed by atoms with Crippen molar-refractivity contribution in [2.75, 3.05) is 17.7 Å². The average Bonchev–Trinajstić information content (AvgIpc) is 3.45. The van der Waals surface area contributed by atoms with Gasteiger partial charge in [0.15, 0.2) is 0 Å². The van der Waals surface area contributed by atoms with Crippen molar-refractivity contribution >= 4 is 45.1 Å². The normalized spacial score (nSPS) is 11.2. The maximum absolute atomic E-state index is 13.1. The zero-order valence-corrected chi connectivity index (χ0v) is 20.3. The molecular weight excluding hydrogens is 456 g/mol. The van der Waals surface area contributed by atoms with Gasteiger partial charge in [-0.25, -0.2) is 0 Å². The van der Waals surface area contributed by atoms with Gasteiger partial charge in [-0.1, -0.05) is 32.0 Å². The minimum absolute atomic E-state index is 0.0273. The molecule has 2 amide bonds. The minimum Gasteiger partial charge on any atom is -0.497 e. The summed E-state index contributed by atoms with van der Waals surface area (Å²) in [6.45, 7) is 4.24. The topological polar surface area (TPSA) is 93.7 Å². The molecule has 0 radical (unpaired) electrons. The SMILES string of the molecule is COc1ccc(NC(=O)c2oc3ccccc3c2NC(=O)Cc2coc3ccc(C(C)C)cc23)cc1. The number of benzene rings is 3. The predicted molar refractivity (Wildman–Crippen MR) is 140 cm³/mol. The molecule has 36 heavy (non-hydrogen) atoms. The van der Waals surface area contributed by atoms with E-state index in [2.05, 4.69) is 30.5 Å². The van der Waals surface area contributed by atoms with E-state index in [4.69, 9.17) is 13.6 Å². The molecule has 0 aliphatic carbocycles. The van der Waals surface area contributed by atoms with Gasteiger partial charge in [0.2, 0.25) is 11.7 Å². The second-order valence-corrected chi connectivity index (χ2v) is 8.88. The average molecular weight is 483 g/mol. The number of amides is 2. The van der Waals surface area contributed by atoms with Gasteiger partial charge in [0.25, 0.3) is 5.91 Å². The van der Waals surface area contributed by atoms with E-state index in [-0.39, 0.29) is 18.1 Å². The van der Waals surface area contributed by atoms with Crippen LogP contribution in [-0.4, -0.2) is 18.9 Å². The van der Waals surface area contributed by atoms with Crippen molar-refractivity contribution in [1.29, 1.82) is 0 Å². The van der Waals surface area contributed by atoms with E-state index in [1.54, 1.807) is 49.8 Å². The van der Waals surface area contributed by atoms with Crippen LogP contribution in [0.25, 0.3) is 21.9 Å². The summed E-state index contributed by atoms with van der Waals surface area (Å²) in [5, 5.41) is 7.27. The van der Waals surface area contributed by atoms with E-state index in [0.717, 1.165) is 16.5 Å². The second kappa shape index (κ2) is 9.62. The molecule has 0 atom stereocenters. The Morgan fingerprint density at radius 1 is 0.917 bits per heavy atom. The van der Waals surface area contributed by atoms with Crippen LogP contribution >= 0.6 is 0 Å². The van der Waals surface area contributed by atoms with Gasteiger partial charge in [0.05, 0.1) is 19.8 Å². The molecule has 0 unspecified atom stereocenters. The van der Waals surface area contributed by atoms with Gasteiger partial charge < -0.3 is 24.2 Å².